The van der Waals surface area contributed by atoms with Gasteiger partial charge in [-0.1, -0.05) is 25.1 Å². The average Bonchev–Trinajstić information content (AvgIpc) is 2.71. The van der Waals surface area contributed by atoms with Gasteiger partial charge < -0.3 is 10.2 Å². The molecule has 0 bridgehead atoms. The Balaban J connectivity index is 1.88. The van der Waals surface area contributed by atoms with E-state index in [0.29, 0.717) is 6.42 Å². The van der Waals surface area contributed by atoms with Crippen LogP contribution in [0.15, 0.2) is 42.5 Å². The van der Waals surface area contributed by atoms with Crippen molar-refractivity contribution in [2.24, 2.45) is 0 Å². The smallest absolute Gasteiger partial charge is 0.249 e. The third-order valence-electron chi connectivity index (χ3n) is 5.52. The van der Waals surface area contributed by atoms with Crippen molar-refractivity contribution >= 4 is 11.8 Å². The summed E-state index contributed by atoms with van der Waals surface area (Å²) in [5.74, 6) is -1.68. The number of piperazine rings is 1. The zero-order valence-corrected chi connectivity index (χ0v) is 16.2. The third-order valence-corrected chi connectivity index (χ3v) is 5.52. The Kier molecular flexibility index (Phi) is 5.64. The van der Waals surface area contributed by atoms with Crippen LogP contribution < -0.4 is 5.32 Å². The average molecular weight is 397 g/mol. The second-order valence-corrected chi connectivity index (χ2v) is 7.24. The second-order valence-electron chi connectivity index (χ2n) is 7.24. The molecule has 2 aromatic carbocycles. The summed E-state index contributed by atoms with van der Waals surface area (Å²) in [6, 6.07) is 10.9. The lowest BCUT2D eigenvalue weighted by Gasteiger charge is -2.44. The van der Waals surface area contributed by atoms with E-state index in [-0.39, 0.29) is 35.7 Å². The lowest BCUT2D eigenvalue weighted by atomic mass is 9.83. The Morgan fingerprint density at radius 1 is 1.17 bits per heavy atom. The van der Waals surface area contributed by atoms with Crippen LogP contribution in [0.2, 0.25) is 0 Å². The maximum atomic E-state index is 14.3. The van der Waals surface area contributed by atoms with Crippen molar-refractivity contribution in [1.29, 1.82) is 5.26 Å². The summed E-state index contributed by atoms with van der Waals surface area (Å²) in [5, 5.41) is 12.1. The highest BCUT2D eigenvalue weighted by Crippen LogP contribution is 2.27. The number of amides is 2. The quantitative estimate of drug-likeness (QED) is 0.843. The summed E-state index contributed by atoms with van der Waals surface area (Å²) in [5.41, 5.74) is -0.197. The van der Waals surface area contributed by atoms with Gasteiger partial charge in [0.1, 0.15) is 23.2 Å². The maximum Gasteiger partial charge on any atom is 0.249 e. The minimum absolute atomic E-state index is 0.0972. The minimum Gasteiger partial charge on any atom is -0.340 e. The number of carbonyl (C=O) groups excluding carboxylic acids is 2. The van der Waals surface area contributed by atoms with E-state index in [1.807, 2.05) is 6.07 Å². The standard InChI is InChI=1S/C22H21F2N3O2/c1-3-22(12-14-7-9-16(23)10-8-14)21(29)27(2)19(20(28)26-22)11-17-15(13-25)5-4-6-18(17)24/h4-10,19H,3,11-12H2,1-2H3,(H,26,28). The fourth-order valence-corrected chi connectivity index (χ4v) is 3.76. The molecule has 0 saturated carbocycles. The number of carbonyl (C=O) groups is 2. The number of nitrogens with one attached hydrogen (secondary N) is 1. The Hall–Kier alpha value is -3.27. The second kappa shape index (κ2) is 8.00. The Morgan fingerprint density at radius 3 is 2.48 bits per heavy atom. The van der Waals surface area contributed by atoms with E-state index in [4.69, 9.17) is 0 Å². The Labute approximate surface area is 167 Å². The fraction of sp³-hybridized carbons (Fsp3) is 0.318. The van der Waals surface area contributed by atoms with E-state index in [1.165, 1.54) is 42.3 Å². The highest BCUT2D eigenvalue weighted by atomic mass is 19.1. The number of likely N-dealkylation sites (N-methyl/N-ethyl adjacent to an activating group) is 1. The molecule has 2 atom stereocenters. The van der Waals surface area contributed by atoms with Crippen LogP contribution in [-0.4, -0.2) is 35.3 Å². The van der Waals surface area contributed by atoms with Crippen molar-refractivity contribution in [2.45, 2.75) is 37.8 Å². The number of nitrogens with zero attached hydrogens (tertiary/aromatic N) is 2. The molecule has 29 heavy (non-hydrogen) atoms. The molecule has 0 aliphatic carbocycles. The van der Waals surface area contributed by atoms with E-state index in [1.54, 1.807) is 19.1 Å². The number of rotatable bonds is 5. The summed E-state index contributed by atoms with van der Waals surface area (Å²) in [6.45, 7) is 1.79. The van der Waals surface area contributed by atoms with E-state index in [2.05, 4.69) is 5.32 Å². The summed E-state index contributed by atoms with van der Waals surface area (Å²) in [7, 11) is 1.51. The molecule has 0 radical (unpaired) electrons. The molecule has 3 rings (SSSR count). The Bertz CT molecular complexity index is 985. The van der Waals surface area contributed by atoms with Crippen LogP contribution in [-0.2, 0) is 22.4 Å². The summed E-state index contributed by atoms with van der Waals surface area (Å²) in [6.07, 6.45) is 0.462. The topological polar surface area (TPSA) is 73.2 Å². The molecule has 0 spiro atoms. The normalized spacial score (nSPS) is 21.6. The van der Waals surface area contributed by atoms with Gasteiger partial charge in [-0.3, -0.25) is 9.59 Å². The van der Waals surface area contributed by atoms with E-state index >= 15 is 0 Å². The molecular formula is C22H21F2N3O2. The first kappa shape index (κ1) is 20.5. The number of hydrogen-bond acceptors (Lipinski definition) is 3. The van der Waals surface area contributed by atoms with Crippen LogP contribution in [0.3, 0.4) is 0 Å². The SMILES string of the molecule is CCC1(Cc2ccc(F)cc2)NC(=O)C(Cc2c(F)cccc2C#N)N(C)C1=O. The van der Waals surface area contributed by atoms with Crippen molar-refractivity contribution in [3.63, 3.8) is 0 Å². The Morgan fingerprint density at radius 2 is 1.86 bits per heavy atom. The maximum absolute atomic E-state index is 14.3. The van der Waals surface area contributed by atoms with E-state index in [9.17, 15) is 23.6 Å². The van der Waals surface area contributed by atoms with Crippen LogP contribution in [0, 0.1) is 23.0 Å². The van der Waals surface area contributed by atoms with Gasteiger partial charge in [0.05, 0.1) is 11.6 Å². The van der Waals surface area contributed by atoms with Gasteiger partial charge in [-0.25, -0.2) is 8.78 Å². The van der Waals surface area contributed by atoms with Crippen molar-refractivity contribution < 1.29 is 18.4 Å². The molecule has 1 fully saturated rings. The van der Waals surface area contributed by atoms with Crippen molar-refractivity contribution in [1.82, 2.24) is 10.2 Å². The van der Waals surface area contributed by atoms with Crippen LogP contribution in [0.25, 0.3) is 0 Å². The molecule has 5 nitrogen and oxygen atoms in total. The largest absolute Gasteiger partial charge is 0.340 e. The highest BCUT2D eigenvalue weighted by Gasteiger charge is 2.48. The molecule has 1 saturated heterocycles. The van der Waals surface area contributed by atoms with Gasteiger partial charge in [0.15, 0.2) is 0 Å². The van der Waals surface area contributed by atoms with Crippen LogP contribution in [0.1, 0.15) is 30.0 Å². The predicted octanol–water partition coefficient (Wildman–Crippen LogP) is 2.73. The van der Waals surface area contributed by atoms with E-state index < -0.39 is 23.3 Å². The van der Waals surface area contributed by atoms with Crippen LogP contribution >= 0.6 is 0 Å². The molecule has 1 aliphatic rings. The van der Waals surface area contributed by atoms with Crippen molar-refractivity contribution in [3.8, 4) is 6.07 Å². The molecular weight excluding hydrogens is 376 g/mol. The first-order chi connectivity index (χ1) is 13.8. The zero-order valence-electron chi connectivity index (χ0n) is 16.2. The van der Waals surface area contributed by atoms with Gasteiger partial charge in [0.25, 0.3) is 0 Å². The molecule has 2 aromatic rings. The van der Waals surface area contributed by atoms with Crippen LogP contribution in [0.5, 0.6) is 0 Å². The lowest BCUT2D eigenvalue weighted by molar-refractivity contribution is -0.153. The first-order valence-corrected chi connectivity index (χ1v) is 9.32. The van der Waals surface area contributed by atoms with Gasteiger partial charge >= 0.3 is 0 Å². The van der Waals surface area contributed by atoms with Gasteiger partial charge in [-0.2, -0.15) is 5.26 Å². The number of benzene rings is 2. The van der Waals surface area contributed by atoms with Crippen LogP contribution in [0.4, 0.5) is 8.78 Å². The fourth-order valence-electron chi connectivity index (χ4n) is 3.76. The van der Waals surface area contributed by atoms with Gasteiger partial charge in [0.2, 0.25) is 11.8 Å². The summed E-state index contributed by atoms with van der Waals surface area (Å²) >= 11 is 0. The van der Waals surface area contributed by atoms with Gasteiger partial charge in [-0.05, 0) is 36.2 Å². The van der Waals surface area contributed by atoms with E-state index in [0.717, 1.165) is 5.56 Å². The van der Waals surface area contributed by atoms with Gasteiger partial charge in [-0.15, -0.1) is 0 Å². The lowest BCUT2D eigenvalue weighted by Crippen LogP contribution is -2.70. The molecule has 1 heterocycles. The molecule has 7 heteroatoms. The summed E-state index contributed by atoms with van der Waals surface area (Å²) < 4.78 is 27.5. The molecule has 150 valence electrons. The monoisotopic (exact) mass is 397 g/mol. The van der Waals surface area contributed by atoms with Crippen molar-refractivity contribution in [2.75, 3.05) is 7.05 Å². The molecule has 1 N–H and O–H groups in total. The number of nitriles is 1. The molecule has 2 amide bonds. The predicted molar refractivity (Wildman–Crippen MR) is 103 cm³/mol. The minimum atomic E-state index is -1.16. The third kappa shape index (κ3) is 3.83. The molecule has 2 unspecified atom stereocenters. The number of hydrogen-bond donors (Lipinski definition) is 1. The first-order valence-electron chi connectivity index (χ1n) is 9.32. The molecule has 1 aliphatic heterocycles. The number of halogens is 2. The summed E-state index contributed by atoms with van der Waals surface area (Å²) in [4.78, 5) is 27.4. The van der Waals surface area contributed by atoms with Crippen molar-refractivity contribution in [3.05, 3.63) is 70.8 Å². The zero-order chi connectivity index (χ0) is 21.2. The van der Waals surface area contributed by atoms with Gasteiger partial charge in [0, 0.05) is 25.5 Å². The highest BCUT2D eigenvalue weighted by molar-refractivity contribution is 6.00. The molecule has 0 aromatic heterocycles.